The van der Waals surface area contributed by atoms with Crippen LogP contribution in [0.25, 0.3) is 6.08 Å². The second-order valence-electron chi connectivity index (χ2n) is 5.82. The molecule has 5 heteroatoms. The second-order valence-corrected chi connectivity index (χ2v) is 5.82. The van der Waals surface area contributed by atoms with Crippen LogP contribution < -0.4 is 14.8 Å². The molecule has 5 nitrogen and oxygen atoms in total. The summed E-state index contributed by atoms with van der Waals surface area (Å²) in [7, 11) is 3.22. The predicted octanol–water partition coefficient (Wildman–Crippen LogP) is 4.18. The van der Waals surface area contributed by atoms with Gasteiger partial charge in [0.1, 0.15) is 11.5 Å². The summed E-state index contributed by atoms with van der Waals surface area (Å²) in [4.78, 5) is 12.2. The molecule has 0 unspecified atom stereocenters. The van der Waals surface area contributed by atoms with Gasteiger partial charge in [-0.3, -0.25) is 4.79 Å². The molecule has 1 amide bonds. The van der Waals surface area contributed by atoms with Crippen LogP contribution in [0.3, 0.4) is 0 Å². The zero-order valence-corrected chi connectivity index (χ0v) is 15.9. The third kappa shape index (κ3) is 5.72. The Morgan fingerprint density at radius 2 is 1.89 bits per heavy atom. The Labute approximate surface area is 159 Å². The molecule has 0 fully saturated rings. The van der Waals surface area contributed by atoms with Gasteiger partial charge in [-0.25, -0.2) is 0 Å². The number of benzene rings is 2. The van der Waals surface area contributed by atoms with E-state index in [4.69, 9.17) is 9.47 Å². The van der Waals surface area contributed by atoms with Gasteiger partial charge >= 0.3 is 0 Å². The van der Waals surface area contributed by atoms with Gasteiger partial charge in [0.25, 0.3) is 0 Å². The highest BCUT2D eigenvalue weighted by Gasteiger charge is 2.05. The van der Waals surface area contributed by atoms with Crippen LogP contribution in [-0.2, 0) is 11.4 Å². The summed E-state index contributed by atoms with van der Waals surface area (Å²) in [5.41, 5.74) is 3.16. The average Bonchev–Trinajstić information content (AvgIpc) is 2.71. The summed E-state index contributed by atoms with van der Waals surface area (Å²) in [6.07, 6.45) is 6.00. The molecular formula is C22H25NO4. The lowest BCUT2D eigenvalue weighted by atomic mass is 10.1. The molecule has 2 rings (SSSR count). The van der Waals surface area contributed by atoms with Crippen molar-refractivity contribution < 1.29 is 19.4 Å². The Morgan fingerprint density at radius 3 is 2.56 bits per heavy atom. The van der Waals surface area contributed by atoms with Crippen LogP contribution in [0, 0.1) is 0 Å². The number of aliphatic hydroxyl groups is 1. The molecule has 0 heterocycles. The molecule has 0 radical (unpaired) electrons. The summed E-state index contributed by atoms with van der Waals surface area (Å²) in [6, 6.07) is 12.8. The molecule has 0 saturated carbocycles. The van der Waals surface area contributed by atoms with Crippen molar-refractivity contribution in [1.82, 2.24) is 0 Å². The summed E-state index contributed by atoms with van der Waals surface area (Å²) in [6.45, 7) is 1.89. The van der Waals surface area contributed by atoms with Crippen LogP contribution in [0.15, 0.2) is 60.2 Å². The average molecular weight is 367 g/mol. The first-order chi connectivity index (χ1) is 13.1. The van der Waals surface area contributed by atoms with E-state index in [1.807, 2.05) is 43.3 Å². The number of aliphatic hydroxyl groups excluding tert-OH is 1. The van der Waals surface area contributed by atoms with Crippen LogP contribution >= 0.6 is 0 Å². The molecule has 0 bridgehead atoms. The van der Waals surface area contributed by atoms with Gasteiger partial charge in [-0.2, -0.15) is 0 Å². The SMILES string of the molecule is CCC(/C=C/C(=O)Nc1ccccc1CO)=C\c1ccc(OC)cc1OC. The summed E-state index contributed by atoms with van der Waals surface area (Å²) >= 11 is 0. The lowest BCUT2D eigenvalue weighted by Gasteiger charge is -2.09. The standard InChI is InChI=1S/C22H25NO4/c1-4-16(13-17-10-11-19(26-2)14-21(17)27-3)9-12-22(25)23-20-8-6-5-7-18(20)15-24/h5-14,24H,4,15H2,1-3H3,(H,23,25)/b12-9+,16-13+. The first-order valence-corrected chi connectivity index (χ1v) is 8.71. The maximum absolute atomic E-state index is 12.2. The second kappa shape index (κ2) is 10.2. The van der Waals surface area contributed by atoms with E-state index in [0.29, 0.717) is 17.0 Å². The normalized spacial score (nSPS) is 11.5. The highest BCUT2D eigenvalue weighted by molar-refractivity contribution is 6.00. The predicted molar refractivity (Wildman–Crippen MR) is 108 cm³/mol. The van der Waals surface area contributed by atoms with Crippen LogP contribution in [-0.4, -0.2) is 25.2 Å². The topological polar surface area (TPSA) is 67.8 Å². The fourth-order valence-electron chi connectivity index (χ4n) is 2.54. The number of hydrogen-bond acceptors (Lipinski definition) is 4. The smallest absolute Gasteiger partial charge is 0.248 e. The first kappa shape index (κ1) is 20.3. The third-order valence-corrected chi connectivity index (χ3v) is 4.08. The van der Waals surface area contributed by atoms with Crippen molar-refractivity contribution in [2.24, 2.45) is 0 Å². The Hall–Kier alpha value is -3.05. The van der Waals surface area contributed by atoms with E-state index in [2.05, 4.69) is 5.32 Å². The van der Waals surface area contributed by atoms with Crippen molar-refractivity contribution in [2.45, 2.75) is 20.0 Å². The number of hydrogen-bond donors (Lipinski definition) is 2. The molecule has 0 atom stereocenters. The Morgan fingerprint density at radius 1 is 1.11 bits per heavy atom. The molecule has 0 aliphatic carbocycles. The molecule has 2 aromatic rings. The largest absolute Gasteiger partial charge is 0.497 e. The van der Waals surface area contributed by atoms with E-state index in [1.54, 1.807) is 32.4 Å². The summed E-state index contributed by atoms with van der Waals surface area (Å²) < 4.78 is 10.6. The van der Waals surface area contributed by atoms with Crippen molar-refractivity contribution in [2.75, 3.05) is 19.5 Å². The quantitative estimate of drug-likeness (QED) is 0.542. The van der Waals surface area contributed by atoms with Gasteiger partial charge in [-0.1, -0.05) is 31.2 Å². The maximum atomic E-state index is 12.2. The molecule has 27 heavy (non-hydrogen) atoms. The number of anilines is 1. The minimum atomic E-state index is -0.253. The fraction of sp³-hybridized carbons (Fsp3) is 0.227. The number of rotatable bonds is 8. The van der Waals surface area contributed by atoms with E-state index in [-0.39, 0.29) is 12.5 Å². The number of methoxy groups -OCH3 is 2. The van der Waals surface area contributed by atoms with Crippen molar-refractivity contribution in [3.05, 3.63) is 71.3 Å². The van der Waals surface area contributed by atoms with Gasteiger partial charge in [0, 0.05) is 29.0 Å². The van der Waals surface area contributed by atoms with Gasteiger partial charge in [0.05, 0.1) is 20.8 Å². The minimum Gasteiger partial charge on any atom is -0.497 e. The molecule has 2 aromatic carbocycles. The Balaban J connectivity index is 2.16. The number of allylic oxidation sites excluding steroid dienone is 2. The first-order valence-electron chi connectivity index (χ1n) is 8.71. The zero-order chi connectivity index (χ0) is 19.6. The number of amides is 1. The van der Waals surface area contributed by atoms with Crippen molar-refractivity contribution >= 4 is 17.7 Å². The number of para-hydroxylation sites is 1. The number of carbonyl (C=O) groups excluding carboxylic acids is 1. The third-order valence-electron chi connectivity index (χ3n) is 4.08. The van der Waals surface area contributed by atoms with E-state index in [0.717, 1.165) is 23.3 Å². The molecule has 0 spiro atoms. The van der Waals surface area contributed by atoms with Gasteiger partial charge in [0.15, 0.2) is 0 Å². The van der Waals surface area contributed by atoms with E-state index in [1.165, 1.54) is 6.08 Å². The molecule has 0 saturated heterocycles. The number of carbonyl (C=O) groups is 1. The summed E-state index contributed by atoms with van der Waals surface area (Å²) in [5, 5.41) is 12.1. The lowest BCUT2D eigenvalue weighted by molar-refractivity contribution is -0.111. The van der Waals surface area contributed by atoms with Gasteiger partial charge in [-0.05, 0) is 36.3 Å². The number of ether oxygens (including phenoxy) is 2. The van der Waals surface area contributed by atoms with Crippen LogP contribution in [0.5, 0.6) is 11.5 Å². The Kier molecular flexibility index (Phi) is 7.64. The van der Waals surface area contributed by atoms with Gasteiger partial charge in [0.2, 0.25) is 5.91 Å². The van der Waals surface area contributed by atoms with Crippen molar-refractivity contribution in [3.63, 3.8) is 0 Å². The molecule has 0 aromatic heterocycles. The molecule has 142 valence electrons. The maximum Gasteiger partial charge on any atom is 0.248 e. The highest BCUT2D eigenvalue weighted by atomic mass is 16.5. The van der Waals surface area contributed by atoms with Crippen LogP contribution in [0.4, 0.5) is 5.69 Å². The lowest BCUT2D eigenvalue weighted by Crippen LogP contribution is -2.09. The van der Waals surface area contributed by atoms with E-state index >= 15 is 0 Å². The van der Waals surface area contributed by atoms with E-state index < -0.39 is 0 Å². The monoisotopic (exact) mass is 367 g/mol. The van der Waals surface area contributed by atoms with Crippen molar-refractivity contribution in [3.8, 4) is 11.5 Å². The minimum absolute atomic E-state index is 0.127. The van der Waals surface area contributed by atoms with Crippen molar-refractivity contribution in [1.29, 1.82) is 0 Å². The van der Waals surface area contributed by atoms with Crippen LogP contribution in [0.1, 0.15) is 24.5 Å². The van der Waals surface area contributed by atoms with Gasteiger partial charge < -0.3 is 19.9 Å². The Bertz CT molecular complexity index is 840. The van der Waals surface area contributed by atoms with Crippen LogP contribution in [0.2, 0.25) is 0 Å². The fourth-order valence-corrected chi connectivity index (χ4v) is 2.54. The number of nitrogens with one attached hydrogen (secondary N) is 1. The molecule has 0 aliphatic rings. The zero-order valence-electron chi connectivity index (χ0n) is 15.9. The molecule has 0 aliphatic heterocycles. The highest BCUT2D eigenvalue weighted by Crippen LogP contribution is 2.27. The summed E-state index contributed by atoms with van der Waals surface area (Å²) in [5.74, 6) is 1.17. The molecular weight excluding hydrogens is 342 g/mol. The van der Waals surface area contributed by atoms with Gasteiger partial charge in [-0.15, -0.1) is 0 Å². The van der Waals surface area contributed by atoms with E-state index in [9.17, 15) is 9.90 Å². The molecule has 2 N–H and O–H groups in total.